The highest BCUT2D eigenvalue weighted by Crippen LogP contribution is 2.30. The second-order valence-corrected chi connectivity index (χ2v) is 5.24. The molecular formula is C18H15FN2O2. The largest absolute Gasteiger partial charge is 0.477 e. The second-order valence-electron chi connectivity index (χ2n) is 5.24. The van der Waals surface area contributed by atoms with E-state index < -0.39 is 11.8 Å². The summed E-state index contributed by atoms with van der Waals surface area (Å²) in [6.45, 7) is 3.58. The number of carbonyl (C=O) groups is 1. The molecular weight excluding hydrogens is 295 g/mol. The van der Waals surface area contributed by atoms with Crippen LogP contribution in [0.1, 0.15) is 16.7 Å². The molecule has 0 amide bonds. The predicted molar refractivity (Wildman–Crippen MR) is 86.9 cm³/mol. The van der Waals surface area contributed by atoms with Crippen molar-refractivity contribution < 1.29 is 14.3 Å². The first-order valence-corrected chi connectivity index (χ1v) is 6.85. The molecule has 0 atom stereocenters. The maximum atomic E-state index is 14.1. The Hall–Kier alpha value is -3.13. The quantitative estimate of drug-likeness (QED) is 0.514. The Kier molecular flexibility index (Phi) is 4.47. The highest BCUT2D eigenvalue weighted by Gasteiger charge is 2.12. The number of aliphatic carboxylic acids is 1. The van der Waals surface area contributed by atoms with Crippen LogP contribution in [0.2, 0.25) is 0 Å². The molecule has 0 bridgehead atoms. The van der Waals surface area contributed by atoms with Crippen molar-refractivity contribution in [2.45, 2.75) is 13.8 Å². The molecule has 116 valence electrons. The minimum Gasteiger partial charge on any atom is -0.477 e. The van der Waals surface area contributed by atoms with Gasteiger partial charge in [0.25, 0.3) is 0 Å². The summed E-state index contributed by atoms with van der Waals surface area (Å²) in [5, 5.41) is 17.8. The highest BCUT2D eigenvalue weighted by atomic mass is 19.1. The van der Waals surface area contributed by atoms with Crippen molar-refractivity contribution in [1.29, 1.82) is 5.26 Å². The summed E-state index contributed by atoms with van der Waals surface area (Å²) in [5.74, 6) is -1.70. The summed E-state index contributed by atoms with van der Waals surface area (Å²) >= 11 is 0. The van der Waals surface area contributed by atoms with Gasteiger partial charge < -0.3 is 10.8 Å². The van der Waals surface area contributed by atoms with Crippen molar-refractivity contribution in [3.63, 3.8) is 0 Å². The fourth-order valence-electron chi connectivity index (χ4n) is 2.33. The van der Waals surface area contributed by atoms with E-state index in [1.165, 1.54) is 12.1 Å². The maximum absolute atomic E-state index is 14.1. The average Bonchev–Trinajstić information content (AvgIpc) is 2.47. The Labute approximate surface area is 133 Å². The van der Waals surface area contributed by atoms with Crippen LogP contribution in [0.4, 0.5) is 10.1 Å². The van der Waals surface area contributed by atoms with Crippen LogP contribution in [0.25, 0.3) is 17.2 Å². The molecule has 0 radical (unpaired) electrons. The van der Waals surface area contributed by atoms with E-state index in [1.807, 2.05) is 0 Å². The Morgan fingerprint density at radius 3 is 2.48 bits per heavy atom. The van der Waals surface area contributed by atoms with E-state index in [-0.39, 0.29) is 5.57 Å². The van der Waals surface area contributed by atoms with Gasteiger partial charge in [0.05, 0.1) is 0 Å². The monoisotopic (exact) mass is 310 g/mol. The standard InChI is InChI=1S/C18H15FN2O2/c1-10-6-16(15-4-3-14(21)8-17(15)19)11(2)5-12(10)7-13(9-20)18(22)23/h3-8H,21H2,1-2H3,(H,22,23)/b13-7+. The molecule has 23 heavy (non-hydrogen) atoms. The molecule has 0 aliphatic carbocycles. The summed E-state index contributed by atoms with van der Waals surface area (Å²) in [6.07, 6.45) is 1.31. The first kappa shape index (κ1) is 16.2. The van der Waals surface area contributed by atoms with Crippen molar-refractivity contribution in [3.8, 4) is 17.2 Å². The van der Waals surface area contributed by atoms with Crippen molar-refractivity contribution in [2.24, 2.45) is 0 Å². The third-order valence-electron chi connectivity index (χ3n) is 3.55. The van der Waals surface area contributed by atoms with Crippen molar-refractivity contribution in [1.82, 2.24) is 0 Å². The molecule has 0 aromatic heterocycles. The molecule has 0 spiro atoms. The van der Waals surface area contributed by atoms with Crippen molar-refractivity contribution >= 4 is 17.7 Å². The van der Waals surface area contributed by atoms with Gasteiger partial charge in [-0.25, -0.2) is 9.18 Å². The third-order valence-corrected chi connectivity index (χ3v) is 3.55. The minimum absolute atomic E-state index is 0.347. The number of hydrogen-bond donors (Lipinski definition) is 2. The highest BCUT2D eigenvalue weighted by molar-refractivity contribution is 5.96. The molecule has 0 unspecified atom stereocenters. The summed E-state index contributed by atoms with van der Waals surface area (Å²) in [7, 11) is 0. The molecule has 2 rings (SSSR count). The van der Waals surface area contributed by atoms with Gasteiger partial charge >= 0.3 is 5.97 Å². The zero-order chi connectivity index (χ0) is 17.1. The number of carboxylic acid groups (broad SMARTS) is 1. The number of nitrogen functional groups attached to an aromatic ring is 1. The Bertz CT molecular complexity index is 864. The van der Waals surface area contributed by atoms with Crippen molar-refractivity contribution in [2.75, 3.05) is 5.73 Å². The van der Waals surface area contributed by atoms with E-state index in [0.717, 1.165) is 11.1 Å². The Balaban J connectivity index is 2.58. The van der Waals surface area contributed by atoms with Gasteiger partial charge in [-0.05, 0) is 60.4 Å². The zero-order valence-electron chi connectivity index (χ0n) is 12.7. The summed E-state index contributed by atoms with van der Waals surface area (Å²) < 4.78 is 14.1. The third kappa shape index (κ3) is 3.38. The molecule has 5 heteroatoms. The SMILES string of the molecule is Cc1cc(-c2ccc(N)cc2F)c(C)cc1/C=C(\C#N)C(=O)O. The molecule has 3 N–H and O–H groups in total. The predicted octanol–water partition coefficient (Wildman–Crippen LogP) is 3.68. The topological polar surface area (TPSA) is 87.1 Å². The number of nitrogens with two attached hydrogens (primary N) is 1. The second kappa shape index (κ2) is 6.32. The number of carboxylic acids is 1. The van der Waals surface area contributed by atoms with Gasteiger partial charge in [-0.3, -0.25) is 0 Å². The Morgan fingerprint density at radius 2 is 1.91 bits per heavy atom. The van der Waals surface area contributed by atoms with Crippen LogP contribution in [-0.2, 0) is 4.79 Å². The van der Waals surface area contributed by atoms with Crippen LogP contribution in [-0.4, -0.2) is 11.1 Å². The normalized spacial score (nSPS) is 11.1. The van der Waals surface area contributed by atoms with Gasteiger partial charge in [0.1, 0.15) is 17.5 Å². The number of anilines is 1. The summed E-state index contributed by atoms with van der Waals surface area (Å²) in [4.78, 5) is 10.9. The molecule has 0 saturated carbocycles. The zero-order valence-corrected chi connectivity index (χ0v) is 12.7. The van der Waals surface area contributed by atoms with E-state index in [2.05, 4.69) is 0 Å². The number of aryl methyl sites for hydroxylation is 2. The van der Waals surface area contributed by atoms with Gasteiger partial charge in [-0.15, -0.1) is 0 Å². The summed E-state index contributed by atoms with van der Waals surface area (Å²) in [6, 6.07) is 9.65. The average molecular weight is 310 g/mol. The number of nitriles is 1. The molecule has 4 nitrogen and oxygen atoms in total. The van der Waals surface area contributed by atoms with Crippen LogP contribution in [0.15, 0.2) is 35.9 Å². The number of benzene rings is 2. The first-order valence-electron chi connectivity index (χ1n) is 6.85. The minimum atomic E-state index is -1.28. The lowest BCUT2D eigenvalue weighted by atomic mass is 9.94. The summed E-state index contributed by atoms with van der Waals surface area (Å²) in [5.41, 5.74) is 8.82. The van der Waals surface area contributed by atoms with Crippen LogP contribution in [0, 0.1) is 31.0 Å². The first-order chi connectivity index (χ1) is 10.8. The van der Waals surface area contributed by atoms with Gasteiger partial charge in [0, 0.05) is 11.3 Å². The molecule has 0 heterocycles. The molecule has 0 aliphatic rings. The fourth-order valence-corrected chi connectivity index (χ4v) is 2.33. The lowest BCUT2D eigenvalue weighted by Gasteiger charge is -2.12. The van der Waals surface area contributed by atoms with Crippen molar-refractivity contribution in [3.05, 3.63) is 58.4 Å². The van der Waals surface area contributed by atoms with Crippen LogP contribution in [0.5, 0.6) is 0 Å². The maximum Gasteiger partial charge on any atom is 0.346 e. The fraction of sp³-hybridized carbons (Fsp3) is 0.111. The molecule has 2 aromatic carbocycles. The van der Waals surface area contributed by atoms with Crippen LogP contribution < -0.4 is 5.73 Å². The van der Waals surface area contributed by atoms with E-state index in [9.17, 15) is 9.18 Å². The molecule has 0 aliphatic heterocycles. The number of halogens is 1. The van der Waals surface area contributed by atoms with Gasteiger partial charge in [0.2, 0.25) is 0 Å². The van der Waals surface area contributed by atoms with Crippen LogP contribution >= 0.6 is 0 Å². The lowest BCUT2D eigenvalue weighted by molar-refractivity contribution is -0.132. The van der Waals surface area contributed by atoms with E-state index in [1.54, 1.807) is 44.2 Å². The smallest absolute Gasteiger partial charge is 0.346 e. The van der Waals surface area contributed by atoms with E-state index in [0.29, 0.717) is 22.4 Å². The molecule has 0 saturated heterocycles. The van der Waals surface area contributed by atoms with Gasteiger partial charge in [-0.1, -0.05) is 12.1 Å². The van der Waals surface area contributed by atoms with Crippen LogP contribution in [0.3, 0.4) is 0 Å². The Morgan fingerprint density at radius 1 is 1.22 bits per heavy atom. The number of nitrogens with zero attached hydrogens (tertiary/aromatic N) is 1. The van der Waals surface area contributed by atoms with E-state index in [4.69, 9.17) is 16.1 Å². The van der Waals surface area contributed by atoms with Gasteiger partial charge in [0.15, 0.2) is 0 Å². The lowest BCUT2D eigenvalue weighted by Crippen LogP contribution is -1.99. The molecule has 0 fully saturated rings. The molecule has 2 aromatic rings. The van der Waals surface area contributed by atoms with Gasteiger partial charge in [-0.2, -0.15) is 5.26 Å². The number of hydrogen-bond acceptors (Lipinski definition) is 3. The van der Waals surface area contributed by atoms with E-state index >= 15 is 0 Å². The number of rotatable bonds is 3.